The molecular weight excluding hydrogens is 302 g/mol. The van der Waals surface area contributed by atoms with Gasteiger partial charge in [0.2, 0.25) is 0 Å². The van der Waals surface area contributed by atoms with Crippen LogP contribution in [0.15, 0.2) is 77.6 Å². The van der Waals surface area contributed by atoms with E-state index in [9.17, 15) is 0 Å². The summed E-state index contributed by atoms with van der Waals surface area (Å²) in [5.74, 6) is 0.958. The van der Waals surface area contributed by atoms with E-state index in [0.717, 1.165) is 16.8 Å². The van der Waals surface area contributed by atoms with E-state index < -0.39 is 0 Å². The minimum Gasteiger partial charge on any atom is -0.347 e. The van der Waals surface area contributed by atoms with Crippen LogP contribution < -0.4 is 5.32 Å². The molecule has 6 heteroatoms. The standard InChI is InChI=1S/C18H15N5O/c1-3-7-15(8-4-1)17-21-18(22-24-17)19-11-14-12-20-23(13-14)16-9-5-2-6-10-16/h1-10,12-13H,11H2,(H,19,22). The molecule has 0 amide bonds. The average molecular weight is 317 g/mol. The minimum absolute atomic E-state index is 0.460. The summed E-state index contributed by atoms with van der Waals surface area (Å²) in [4.78, 5) is 4.34. The summed E-state index contributed by atoms with van der Waals surface area (Å²) in [6.45, 7) is 0.570. The molecule has 0 saturated carbocycles. The first-order valence-corrected chi connectivity index (χ1v) is 7.60. The van der Waals surface area contributed by atoms with Crippen LogP contribution in [0.4, 0.5) is 5.95 Å². The van der Waals surface area contributed by atoms with Gasteiger partial charge in [0.1, 0.15) is 0 Å². The summed E-state index contributed by atoms with van der Waals surface area (Å²) in [5, 5.41) is 11.5. The average Bonchev–Trinajstić information content (AvgIpc) is 3.31. The van der Waals surface area contributed by atoms with Crippen LogP contribution in [0.2, 0.25) is 0 Å². The molecule has 2 heterocycles. The van der Waals surface area contributed by atoms with Crippen molar-refractivity contribution in [1.82, 2.24) is 19.9 Å². The molecular formula is C18H15N5O. The highest BCUT2D eigenvalue weighted by molar-refractivity contribution is 5.53. The molecule has 2 aromatic heterocycles. The number of anilines is 1. The van der Waals surface area contributed by atoms with Crippen molar-refractivity contribution in [2.75, 3.05) is 5.32 Å². The summed E-state index contributed by atoms with van der Waals surface area (Å²) >= 11 is 0. The van der Waals surface area contributed by atoms with Crippen molar-refractivity contribution in [3.05, 3.63) is 78.6 Å². The number of rotatable bonds is 5. The first kappa shape index (κ1) is 14.2. The van der Waals surface area contributed by atoms with Gasteiger partial charge in [-0.15, -0.1) is 0 Å². The Balaban J connectivity index is 1.43. The van der Waals surface area contributed by atoms with E-state index in [2.05, 4.69) is 20.6 Å². The van der Waals surface area contributed by atoms with Crippen LogP contribution in [0.5, 0.6) is 0 Å². The van der Waals surface area contributed by atoms with Crippen LogP contribution in [-0.4, -0.2) is 19.9 Å². The molecule has 0 saturated heterocycles. The Morgan fingerprint density at radius 3 is 2.50 bits per heavy atom. The van der Waals surface area contributed by atoms with Gasteiger partial charge in [-0.25, -0.2) is 4.68 Å². The Kier molecular flexibility index (Phi) is 3.77. The lowest BCUT2D eigenvalue weighted by molar-refractivity contribution is 0.432. The fourth-order valence-electron chi connectivity index (χ4n) is 2.35. The quantitative estimate of drug-likeness (QED) is 0.610. The summed E-state index contributed by atoms with van der Waals surface area (Å²) in [7, 11) is 0. The zero-order valence-electron chi connectivity index (χ0n) is 12.8. The number of hydrogen-bond acceptors (Lipinski definition) is 5. The number of aromatic nitrogens is 4. The molecule has 0 fully saturated rings. The van der Waals surface area contributed by atoms with E-state index in [1.807, 2.05) is 77.7 Å². The lowest BCUT2D eigenvalue weighted by Crippen LogP contribution is -2.00. The van der Waals surface area contributed by atoms with Crippen LogP contribution in [0.3, 0.4) is 0 Å². The highest BCUT2D eigenvalue weighted by Crippen LogP contribution is 2.18. The largest absolute Gasteiger partial charge is 0.347 e. The van der Waals surface area contributed by atoms with Crippen LogP contribution >= 0.6 is 0 Å². The number of benzene rings is 2. The van der Waals surface area contributed by atoms with Gasteiger partial charge in [-0.05, 0) is 29.4 Å². The van der Waals surface area contributed by atoms with Crippen molar-refractivity contribution in [2.45, 2.75) is 6.54 Å². The highest BCUT2D eigenvalue weighted by Gasteiger charge is 2.08. The molecule has 0 radical (unpaired) electrons. The zero-order chi connectivity index (χ0) is 16.2. The molecule has 4 aromatic rings. The van der Waals surface area contributed by atoms with Crippen LogP contribution in [0.1, 0.15) is 5.56 Å². The van der Waals surface area contributed by atoms with Gasteiger partial charge in [-0.1, -0.05) is 36.4 Å². The molecule has 6 nitrogen and oxygen atoms in total. The van der Waals surface area contributed by atoms with Gasteiger partial charge < -0.3 is 9.84 Å². The lowest BCUT2D eigenvalue weighted by atomic mass is 10.2. The van der Waals surface area contributed by atoms with Crippen LogP contribution in [0.25, 0.3) is 17.1 Å². The Labute approximate surface area is 138 Å². The monoisotopic (exact) mass is 317 g/mol. The van der Waals surface area contributed by atoms with Gasteiger partial charge in [0.25, 0.3) is 11.8 Å². The van der Waals surface area contributed by atoms with E-state index in [-0.39, 0.29) is 0 Å². The molecule has 0 spiro atoms. The number of nitrogens with zero attached hydrogens (tertiary/aromatic N) is 4. The Bertz CT molecular complexity index is 837. The Hall–Kier alpha value is -3.41. The van der Waals surface area contributed by atoms with Crippen LogP contribution in [0, 0.1) is 0 Å². The van der Waals surface area contributed by atoms with E-state index in [1.165, 1.54) is 0 Å². The molecule has 1 N–H and O–H groups in total. The third-order valence-electron chi connectivity index (χ3n) is 3.55. The van der Waals surface area contributed by atoms with E-state index in [4.69, 9.17) is 4.52 Å². The first-order chi connectivity index (χ1) is 11.9. The predicted molar refractivity (Wildman–Crippen MR) is 90.6 cm³/mol. The molecule has 0 aliphatic carbocycles. The van der Waals surface area contributed by atoms with Crippen molar-refractivity contribution in [2.24, 2.45) is 0 Å². The highest BCUT2D eigenvalue weighted by atomic mass is 16.5. The van der Waals surface area contributed by atoms with E-state index in [1.54, 1.807) is 0 Å². The maximum Gasteiger partial charge on any atom is 0.264 e. The van der Waals surface area contributed by atoms with Gasteiger partial charge in [-0.2, -0.15) is 10.1 Å². The molecule has 118 valence electrons. The maximum absolute atomic E-state index is 5.27. The predicted octanol–water partition coefficient (Wildman–Crippen LogP) is 3.53. The van der Waals surface area contributed by atoms with E-state index >= 15 is 0 Å². The first-order valence-electron chi connectivity index (χ1n) is 7.60. The normalized spacial score (nSPS) is 10.7. The molecule has 0 bridgehead atoms. The van der Waals surface area contributed by atoms with Crippen molar-refractivity contribution in [1.29, 1.82) is 0 Å². The van der Waals surface area contributed by atoms with Gasteiger partial charge >= 0.3 is 0 Å². The summed E-state index contributed by atoms with van der Waals surface area (Å²) in [5.41, 5.74) is 2.95. The maximum atomic E-state index is 5.27. The van der Waals surface area contributed by atoms with Gasteiger partial charge in [-0.3, -0.25) is 0 Å². The van der Waals surface area contributed by atoms with Crippen molar-refractivity contribution in [3.63, 3.8) is 0 Å². The number of nitrogens with one attached hydrogen (secondary N) is 1. The second-order valence-corrected chi connectivity index (χ2v) is 5.27. The number of hydrogen-bond donors (Lipinski definition) is 1. The molecule has 0 unspecified atom stereocenters. The zero-order valence-corrected chi connectivity index (χ0v) is 12.8. The molecule has 4 rings (SSSR count). The molecule has 2 aromatic carbocycles. The van der Waals surface area contributed by atoms with Crippen molar-refractivity contribution < 1.29 is 4.52 Å². The summed E-state index contributed by atoms with van der Waals surface area (Å²) in [6.07, 6.45) is 3.79. The summed E-state index contributed by atoms with van der Waals surface area (Å²) < 4.78 is 7.11. The van der Waals surface area contributed by atoms with Crippen molar-refractivity contribution in [3.8, 4) is 17.1 Å². The SMILES string of the molecule is c1ccc(-c2nc(NCc3cnn(-c4ccccc4)c3)no2)cc1. The molecule has 0 aliphatic heterocycles. The number of para-hydroxylation sites is 1. The van der Waals surface area contributed by atoms with Gasteiger partial charge in [0, 0.05) is 23.9 Å². The van der Waals surface area contributed by atoms with E-state index in [0.29, 0.717) is 18.4 Å². The fraction of sp³-hybridized carbons (Fsp3) is 0.0556. The van der Waals surface area contributed by atoms with Crippen molar-refractivity contribution >= 4 is 5.95 Å². The second kappa shape index (κ2) is 6.37. The Morgan fingerprint density at radius 2 is 1.71 bits per heavy atom. The topological polar surface area (TPSA) is 68.8 Å². The smallest absolute Gasteiger partial charge is 0.264 e. The fourth-order valence-corrected chi connectivity index (χ4v) is 2.35. The third kappa shape index (κ3) is 3.03. The van der Waals surface area contributed by atoms with Gasteiger partial charge in [0.15, 0.2) is 0 Å². The van der Waals surface area contributed by atoms with Crippen LogP contribution in [-0.2, 0) is 6.54 Å². The molecule has 0 atom stereocenters. The summed E-state index contributed by atoms with van der Waals surface area (Å²) in [6, 6.07) is 19.7. The second-order valence-electron chi connectivity index (χ2n) is 5.27. The molecule has 0 aliphatic rings. The van der Waals surface area contributed by atoms with Gasteiger partial charge in [0.05, 0.1) is 11.9 Å². The minimum atomic E-state index is 0.460. The molecule has 24 heavy (non-hydrogen) atoms. The third-order valence-corrected chi connectivity index (χ3v) is 3.55. The lowest BCUT2D eigenvalue weighted by Gasteiger charge is -1.99. The Morgan fingerprint density at radius 1 is 0.958 bits per heavy atom.